The Hall–Kier alpha value is -0.670. The van der Waals surface area contributed by atoms with Crippen LogP contribution in [0.5, 0.6) is 0 Å². The van der Waals surface area contributed by atoms with Gasteiger partial charge in [-0.25, -0.2) is 16.8 Å². The van der Waals surface area contributed by atoms with Crippen LogP contribution in [-0.2, 0) is 24.7 Å². The molecule has 9 heteroatoms. The molecule has 0 aliphatic carbocycles. The lowest BCUT2D eigenvalue weighted by Gasteiger charge is -2.29. The van der Waals surface area contributed by atoms with E-state index in [1.165, 1.54) is 0 Å². The number of carboxylic acids is 1. The van der Waals surface area contributed by atoms with Crippen molar-refractivity contribution in [1.82, 2.24) is 4.31 Å². The van der Waals surface area contributed by atoms with Crippen LogP contribution in [0.25, 0.3) is 0 Å². The number of aliphatic carboxylic acids is 1. The van der Waals surface area contributed by atoms with Crippen molar-refractivity contribution in [3.05, 3.63) is 0 Å². The first-order valence-electron chi connectivity index (χ1n) is 6.18. The van der Waals surface area contributed by atoms with Gasteiger partial charge in [-0.2, -0.15) is 4.31 Å². The van der Waals surface area contributed by atoms with Crippen LogP contribution in [0.3, 0.4) is 0 Å². The summed E-state index contributed by atoms with van der Waals surface area (Å²) in [6, 6.07) is -0.997. The van der Waals surface area contributed by atoms with Crippen molar-refractivity contribution < 1.29 is 26.7 Å². The normalized spacial score (nSPS) is 29.4. The highest BCUT2D eigenvalue weighted by Crippen LogP contribution is 2.28. The monoisotopic (exact) mass is 311 g/mol. The van der Waals surface area contributed by atoms with Crippen molar-refractivity contribution in [1.29, 1.82) is 0 Å². The first-order chi connectivity index (χ1) is 8.74. The molecule has 19 heavy (non-hydrogen) atoms. The van der Waals surface area contributed by atoms with Crippen LogP contribution in [0.4, 0.5) is 0 Å². The molecule has 110 valence electrons. The second kappa shape index (κ2) is 5.02. The fraction of sp³-hybridized carbons (Fsp3) is 0.900. The molecule has 1 atom stereocenters. The lowest BCUT2D eigenvalue weighted by molar-refractivity contribution is -0.140. The molecule has 0 aromatic rings. The summed E-state index contributed by atoms with van der Waals surface area (Å²) in [6.07, 6.45) is 0.974. The zero-order valence-corrected chi connectivity index (χ0v) is 12.0. The predicted molar refractivity (Wildman–Crippen MR) is 68.0 cm³/mol. The number of carbonyl (C=O) groups is 1. The number of rotatable bonds is 3. The molecule has 0 unspecified atom stereocenters. The number of hydrogen-bond donors (Lipinski definition) is 1. The first kappa shape index (κ1) is 14.7. The van der Waals surface area contributed by atoms with E-state index in [1.807, 2.05) is 0 Å². The van der Waals surface area contributed by atoms with E-state index in [9.17, 15) is 21.6 Å². The molecule has 2 saturated heterocycles. The number of hydrogen-bond acceptors (Lipinski definition) is 5. The van der Waals surface area contributed by atoms with Gasteiger partial charge in [0, 0.05) is 6.54 Å². The highest BCUT2D eigenvalue weighted by molar-refractivity contribution is 7.92. The van der Waals surface area contributed by atoms with Gasteiger partial charge in [0.2, 0.25) is 10.0 Å². The molecule has 0 amide bonds. The summed E-state index contributed by atoms with van der Waals surface area (Å²) in [6.45, 7) is 0.211. The van der Waals surface area contributed by atoms with Crippen LogP contribution < -0.4 is 0 Å². The van der Waals surface area contributed by atoms with Gasteiger partial charge in [0.1, 0.15) is 15.9 Å². The van der Waals surface area contributed by atoms with Gasteiger partial charge >= 0.3 is 5.97 Å². The van der Waals surface area contributed by atoms with Gasteiger partial charge in [0.05, 0.1) is 16.8 Å². The summed E-state index contributed by atoms with van der Waals surface area (Å²) in [5.41, 5.74) is 0. The quantitative estimate of drug-likeness (QED) is 0.748. The van der Waals surface area contributed by atoms with Crippen LogP contribution in [0.15, 0.2) is 0 Å². The molecule has 7 nitrogen and oxygen atoms in total. The van der Waals surface area contributed by atoms with Gasteiger partial charge in [0.25, 0.3) is 0 Å². The smallest absolute Gasteiger partial charge is 0.322 e. The fourth-order valence-corrected chi connectivity index (χ4v) is 6.59. The number of carboxylic acid groups (broad SMARTS) is 1. The highest BCUT2D eigenvalue weighted by Gasteiger charge is 2.43. The zero-order valence-electron chi connectivity index (χ0n) is 10.4. The third-order valence-electron chi connectivity index (χ3n) is 3.74. The van der Waals surface area contributed by atoms with E-state index in [1.54, 1.807) is 0 Å². The summed E-state index contributed by atoms with van der Waals surface area (Å²) in [7, 11) is -6.85. The van der Waals surface area contributed by atoms with Gasteiger partial charge in [-0.15, -0.1) is 0 Å². The maximum absolute atomic E-state index is 12.4. The average molecular weight is 311 g/mol. The van der Waals surface area contributed by atoms with E-state index < -0.39 is 37.1 Å². The Labute approximate surface area is 112 Å². The van der Waals surface area contributed by atoms with E-state index in [0.717, 1.165) is 4.31 Å². The van der Waals surface area contributed by atoms with Gasteiger partial charge < -0.3 is 5.11 Å². The molecular weight excluding hydrogens is 294 g/mol. The molecule has 0 saturated carbocycles. The Morgan fingerprint density at radius 1 is 1.16 bits per heavy atom. The summed E-state index contributed by atoms with van der Waals surface area (Å²) in [4.78, 5) is 11.0. The second-order valence-electron chi connectivity index (χ2n) is 5.00. The van der Waals surface area contributed by atoms with E-state index in [-0.39, 0.29) is 30.9 Å². The van der Waals surface area contributed by atoms with Crippen LogP contribution in [-0.4, -0.2) is 61.6 Å². The zero-order chi connectivity index (χ0) is 14.3. The average Bonchev–Trinajstić information content (AvgIpc) is 2.77. The minimum atomic E-state index is -3.72. The molecule has 2 aliphatic rings. The fourth-order valence-electron chi connectivity index (χ4n) is 2.65. The molecule has 2 heterocycles. The van der Waals surface area contributed by atoms with Crippen LogP contribution in [0.1, 0.15) is 25.7 Å². The lowest BCUT2D eigenvalue weighted by Crippen LogP contribution is -2.47. The number of sulfone groups is 1. The summed E-state index contributed by atoms with van der Waals surface area (Å²) in [5.74, 6) is -1.41. The molecule has 2 aliphatic heterocycles. The third kappa shape index (κ3) is 2.92. The van der Waals surface area contributed by atoms with Crippen LogP contribution >= 0.6 is 0 Å². The predicted octanol–water partition coefficient (Wildman–Crippen LogP) is -0.558. The molecule has 0 radical (unpaired) electrons. The van der Waals surface area contributed by atoms with Gasteiger partial charge in [-0.1, -0.05) is 0 Å². The Balaban J connectivity index is 2.17. The minimum absolute atomic E-state index is 0.0630. The Morgan fingerprint density at radius 3 is 2.26 bits per heavy atom. The minimum Gasteiger partial charge on any atom is -0.480 e. The van der Waals surface area contributed by atoms with Gasteiger partial charge in [-0.3, -0.25) is 4.79 Å². The van der Waals surface area contributed by atoms with Crippen molar-refractivity contribution in [2.45, 2.75) is 37.0 Å². The molecule has 1 N–H and O–H groups in total. The number of nitrogens with zero attached hydrogens (tertiary/aromatic N) is 1. The highest BCUT2D eigenvalue weighted by atomic mass is 32.2. The Kier molecular flexibility index (Phi) is 3.90. The molecule has 2 fully saturated rings. The summed E-state index contributed by atoms with van der Waals surface area (Å²) >= 11 is 0. The molecule has 2 rings (SSSR count). The van der Waals surface area contributed by atoms with Crippen molar-refractivity contribution in [3.8, 4) is 0 Å². The maximum Gasteiger partial charge on any atom is 0.322 e. The maximum atomic E-state index is 12.4. The molecule has 0 aromatic heterocycles. The largest absolute Gasteiger partial charge is 0.480 e. The molecule has 0 bridgehead atoms. The summed E-state index contributed by atoms with van der Waals surface area (Å²) in [5, 5.41) is 8.26. The van der Waals surface area contributed by atoms with E-state index in [4.69, 9.17) is 5.11 Å². The third-order valence-corrected chi connectivity index (χ3v) is 7.86. The van der Waals surface area contributed by atoms with E-state index in [0.29, 0.717) is 12.8 Å². The Morgan fingerprint density at radius 2 is 1.74 bits per heavy atom. The van der Waals surface area contributed by atoms with Crippen molar-refractivity contribution in [2.75, 3.05) is 18.1 Å². The van der Waals surface area contributed by atoms with Crippen LogP contribution in [0.2, 0.25) is 0 Å². The topological polar surface area (TPSA) is 109 Å². The van der Waals surface area contributed by atoms with Crippen molar-refractivity contribution in [2.24, 2.45) is 0 Å². The van der Waals surface area contributed by atoms with Gasteiger partial charge in [-0.05, 0) is 25.7 Å². The second-order valence-corrected chi connectivity index (χ2v) is 9.47. The molecular formula is C10H17NO6S2. The SMILES string of the molecule is O=C(O)[C@H]1CCCN1S(=O)(=O)C1CCS(=O)(=O)CC1. The van der Waals surface area contributed by atoms with Gasteiger partial charge in [0.15, 0.2) is 0 Å². The number of sulfonamides is 1. The van der Waals surface area contributed by atoms with Crippen molar-refractivity contribution in [3.63, 3.8) is 0 Å². The van der Waals surface area contributed by atoms with Crippen LogP contribution in [0, 0.1) is 0 Å². The standard InChI is InChI=1S/C10H17NO6S2/c12-10(13)9-2-1-5-11(9)19(16,17)8-3-6-18(14,15)7-4-8/h8-9H,1-7H2,(H,12,13)/t9-/m1/s1. The Bertz CT molecular complexity index is 553. The molecule has 0 spiro atoms. The lowest BCUT2D eigenvalue weighted by atomic mass is 10.2. The first-order valence-corrected chi connectivity index (χ1v) is 9.50. The van der Waals surface area contributed by atoms with E-state index in [2.05, 4.69) is 0 Å². The summed E-state index contributed by atoms with van der Waals surface area (Å²) < 4.78 is 48.4. The van der Waals surface area contributed by atoms with E-state index >= 15 is 0 Å². The molecule has 0 aromatic carbocycles. The van der Waals surface area contributed by atoms with Crippen molar-refractivity contribution >= 4 is 25.8 Å².